The van der Waals surface area contributed by atoms with Crippen LogP contribution in [0.15, 0.2) is 24.4 Å². The van der Waals surface area contributed by atoms with Gasteiger partial charge in [0.15, 0.2) is 5.78 Å². The van der Waals surface area contributed by atoms with Crippen LogP contribution in [-0.2, 0) is 0 Å². The molecule has 0 saturated carbocycles. The fraction of sp³-hybridized carbons (Fsp3) is 0.400. The lowest BCUT2D eigenvalue weighted by Crippen LogP contribution is -2.18. The van der Waals surface area contributed by atoms with Crippen molar-refractivity contribution >= 4 is 30.6 Å². The number of aromatic nitrogens is 1. The number of nitrogens with zero attached hydrogens (tertiary/aromatic N) is 1. The number of hydrogen-bond acceptors (Lipinski definition) is 3. The van der Waals surface area contributed by atoms with Crippen molar-refractivity contribution < 1.29 is 4.79 Å². The van der Waals surface area contributed by atoms with E-state index in [9.17, 15) is 4.79 Å². The molecule has 0 amide bonds. The lowest BCUT2D eigenvalue weighted by Gasteiger charge is -2.05. The van der Waals surface area contributed by atoms with E-state index in [0.29, 0.717) is 5.69 Å². The van der Waals surface area contributed by atoms with Crippen LogP contribution in [-0.4, -0.2) is 23.9 Å². The minimum Gasteiger partial charge on any atom is -0.316 e. The average molecular weight is 249 g/mol. The van der Waals surface area contributed by atoms with Gasteiger partial charge in [-0.25, -0.2) is 0 Å². The molecule has 2 rings (SSSR count). The van der Waals surface area contributed by atoms with E-state index >= 15 is 0 Å². The molecule has 1 aromatic rings. The Morgan fingerprint density at radius 1 is 1.40 bits per heavy atom. The number of nitrogens with one attached hydrogen (secondary N) is 1. The Morgan fingerprint density at radius 3 is 2.73 bits per heavy atom. The van der Waals surface area contributed by atoms with Gasteiger partial charge in [0.2, 0.25) is 0 Å². The summed E-state index contributed by atoms with van der Waals surface area (Å²) >= 11 is 0. The minimum atomic E-state index is 0. The molecular formula is C10H14Cl2N2O. The fourth-order valence-electron chi connectivity index (χ4n) is 1.60. The molecule has 1 aliphatic heterocycles. The maximum absolute atomic E-state index is 11.7. The summed E-state index contributed by atoms with van der Waals surface area (Å²) in [5.74, 6) is 0.306. The van der Waals surface area contributed by atoms with Crippen LogP contribution in [0.4, 0.5) is 0 Å². The van der Waals surface area contributed by atoms with Gasteiger partial charge in [-0.1, -0.05) is 6.07 Å². The van der Waals surface area contributed by atoms with Gasteiger partial charge in [0.25, 0.3) is 0 Å². The first-order valence-corrected chi connectivity index (χ1v) is 4.54. The molecule has 84 valence electrons. The van der Waals surface area contributed by atoms with Crippen molar-refractivity contribution in [2.45, 2.75) is 6.42 Å². The Bertz CT molecular complexity index is 300. The molecule has 5 heteroatoms. The minimum absolute atomic E-state index is 0. The van der Waals surface area contributed by atoms with Crippen LogP contribution >= 0.6 is 24.8 Å². The van der Waals surface area contributed by atoms with Crippen LogP contribution in [0.1, 0.15) is 16.9 Å². The Labute approximate surface area is 101 Å². The third-order valence-corrected chi connectivity index (χ3v) is 2.35. The van der Waals surface area contributed by atoms with Crippen LogP contribution in [0.3, 0.4) is 0 Å². The Morgan fingerprint density at radius 2 is 2.20 bits per heavy atom. The van der Waals surface area contributed by atoms with E-state index in [4.69, 9.17) is 0 Å². The molecule has 0 bridgehead atoms. The van der Waals surface area contributed by atoms with Gasteiger partial charge in [0.1, 0.15) is 5.69 Å². The van der Waals surface area contributed by atoms with Gasteiger partial charge in [-0.2, -0.15) is 0 Å². The van der Waals surface area contributed by atoms with E-state index in [1.54, 1.807) is 12.3 Å². The summed E-state index contributed by atoms with van der Waals surface area (Å²) in [5, 5.41) is 3.17. The molecule has 0 radical (unpaired) electrons. The maximum atomic E-state index is 11.7. The zero-order valence-corrected chi connectivity index (χ0v) is 9.81. The molecule has 3 nitrogen and oxygen atoms in total. The third-order valence-electron chi connectivity index (χ3n) is 2.35. The number of hydrogen-bond donors (Lipinski definition) is 1. The summed E-state index contributed by atoms with van der Waals surface area (Å²) in [6, 6.07) is 5.45. The number of ketones is 1. The second kappa shape index (κ2) is 6.77. The number of pyridine rings is 1. The highest BCUT2D eigenvalue weighted by Crippen LogP contribution is 2.13. The van der Waals surface area contributed by atoms with E-state index in [0.717, 1.165) is 19.5 Å². The first-order chi connectivity index (χ1) is 6.38. The summed E-state index contributed by atoms with van der Waals surface area (Å²) < 4.78 is 0. The first kappa shape index (κ1) is 14.4. The number of carbonyl (C=O) groups is 1. The molecular weight excluding hydrogens is 235 g/mol. The van der Waals surface area contributed by atoms with Crippen molar-refractivity contribution in [3.8, 4) is 0 Å². The zero-order valence-electron chi connectivity index (χ0n) is 8.18. The van der Waals surface area contributed by atoms with Crippen LogP contribution in [0.5, 0.6) is 0 Å². The van der Waals surface area contributed by atoms with E-state index in [1.807, 2.05) is 12.1 Å². The van der Waals surface area contributed by atoms with Gasteiger partial charge >= 0.3 is 0 Å². The lowest BCUT2D eigenvalue weighted by atomic mass is 10.0. The maximum Gasteiger partial charge on any atom is 0.185 e. The van der Waals surface area contributed by atoms with Gasteiger partial charge in [0.05, 0.1) is 0 Å². The molecule has 1 fully saturated rings. The molecule has 1 N–H and O–H groups in total. The van der Waals surface area contributed by atoms with E-state index in [-0.39, 0.29) is 36.5 Å². The van der Waals surface area contributed by atoms with E-state index in [1.165, 1.54) is 0 Å². The highest BCUT2D eigenvalue weighted by atomic mass is 35.5. The van der Waals surface area contributed by atoms with Crippen molar-refractivity contribution in [3.05, 3.63) is 30.1 Å². The quantitative estimate of drug-likeness (QED) is 0.811. The number of rotatable bonds is 2. The molecule has 0 aromatic carbocycles. The van der Waals surface area contributed by atoms with Crippen molar-refractivity contribution in [2.75, 3.05) is 13.1 Å². The first-order valence-electron chi connectivity index (χ1n) is 4.54. The molecule has 15 heavy (non-hydrogen) atoms. The molecule has 2 heterocycles. The van der Waals surface area contributed by atoms with Crippen LogP contribution in [0.25, 0.3) is 0 Å². The molecule has 0 unspecified atom stereocenters. The van der Waals surface area contributed by atoms with Crippen LogP contribution < -0.4 is 5.32 Å². The van der Waals surface area contributed by atoms with E-state index < -0.39 is 0 Å². The van der Waals surface area contributed by atoms with Gasteiger partial charge in [-0.05, 0) is 25.1 Å². The summed E-state index contributed by atoms with van der Waals surface area (Å²) in [5.41, 5.74) is 0.594. The fourth-order valence-corrected chi connectivity index (χ4v) is 1.60. The number of carbonyl (C=O) groups excluding carboxylic acids is 1. The van der Waals surface area contributed by atoms with Crippen LogP contribution in [0.2, 0.25) is 0 Å². The molecule has 0 spiro atoms. The normalized spacial score (nSPS) is 18.8. The largest absolute Gasteiger partial charge is 0.316 e. The van der Waals surface area contributed by atoms with Crippen molar-refractivity contribution in [2.24, 2.45) is 5.92 Å². The highest BCUT2D eigenvalue weighted by molar-refractivity contribution is 5.96. The van der Waals surface area contributed by atoms with Crippen molar-refractivity contribution in [1.29, 1.82) is 0 Å². The Hall–Kier alpha value is -0.640. The second-order valence-electron chi connectivity index (χ2n) is 3.27. The molecule has 1 saturated heterocycles. The second-order valence-corrected chi connectivity index (χ2v) is 3.27. The van der Waals surface area contributed by atoms with Crippen molar-refractivity contribution in [1.82, 2.24) is 10.3 Å². The topological polar surface area (TPSA) is 42.0 Å². The molecule has 0 aliphatic carbocycles. The predicted molar refractivity (Wildman–Crippen MR) is 64.0 cm³/mol. The Kier molecular flexibility index (Phi) is 6.48. The van der Waals surface area contributed by atoms with Gasteiger partial charge < -0.3 is 5.32 Å². The molecule has 1 aromatic heterocycles. The van der Waals surface area contributed by atoms with Gasteiger partial charge in [-0.3, -0.25) is 9.78 Å². The smallest absolute Gasteiger partial charge is 0.185 e. The summed E-state index contributed by atoms with van der Waals surface area (Å²) in [7, 11) is 0. The summed E-state index contributed by atoms with van der Waals surface area (Å²) in [6.45, 7) is 1.75. The van der Waals surface area contributed by atoms with Crippen LogP contribution in [0, 0.1) is 5.92 Å². The summed E-state index contributed by atoms with van der Waals surface area (Å²) in [4.78, 5) is 15.8. The van der Waals surface area contributed by atoms with Gasteiger partial charge in [0, 0.05) is 18.7 Å². The summed E-state index contributed by atoms with van der Waals surface area (Å²) in [6.07, 6.45) is 2.60. The van der Waals surface area contributed by atoms with E-state index in [2.05, 4.69) is 10.3 Å². The Balaban J connectivity index is 0.000000980. The average Bonchev–Trinajstić information content (AvgIpc) is 2.71. The highest BCUT2D eigenvalue weighted by Gasteiger charge is 2.23. The number of halogens is 2. The monoisotopic (exact) mass is 248 g/mol. The third kappa shape index (κ3) is 3.45. The SMILES string of the molecule is Cl.Cl.O=C(c1ccccn1)[C@@H]1CCNC1. The molecule has 1 aliphatic rings. The zero-order chi connectivity index (χ0) is 9.10. The predicted octanol–water partition coefficient (Wildman–Crippen LogP) is 1.72. The van der Waals surface area contributed by atoms with Gasteiger partial charge in [-0.15, -0.1) is 24.8 Å². The standard InChI is InChI=1S/C10H12N2O.2ClH/c13-10(8-4-6-11-7-8)9-3-1-2-5-12-9;;/h1-3,5,8,11H,4,6-7H2;2*1H/t8-;;/m1../s1. The molecule has 1 atom stereocenters. The number of Topliss-reactive ketones (excluding diaryl/α,β-unsaturated/α-hetero) is 1. The van der Waals surface area contributed by atoms with Crippen molar-refractivity contribution in [3.63, 3.8) is 0 Å². The lowest BCUT2D eigenvalue weighted by molar-refractivity contribution is 0.0925.